The van der Waals surface area contributed by atoms with Gasteiger partial charge in [-0.05, 0) is 23.9 Å². The number of rotatable bonds is 6. The molecule has 0 spiro atoms. The summed E-state index contributed by atoms with van der Waals surface area (Å²) in [5.41, 5.74) is 1.17. The molecule has 1 aliphatic rings. The molecule has 148 valence electrons. The molecule has 3 amide bonds. The smallest absolute Gasteiger partial charge is 0.317 e. The van der Waals surface area contributed by atoms with E-state index in [1.165, 1.54) is 27.3 Å². The average molecular weight is 402 g/mol. The zero-order chi connectivity index (χ0) is 20.1. The Morgan fingerprint density at radius 2 is 2.11 bits per heavy atom. The van der Waals surface area contributed by atoms with Gasteiger partial charge in [-0.3, -0.25) is 4.79 Å². The number of hydrazone groups is 1. The molecule has 0 aliphatic carbocycles. The van der Waals surface area contributed by atoms with Gasteiger partial charge in [0.05, 0.1) is 16.6 Å². The molecule has 0 radical (unpaired) electrons. The summed E-state index contributed by atoms with van der Waals surface area (Å²) in [6.45, 7) is 2.36. The number of benzene rings is 1. The Morgan fingerprint density at radius 1 is 1.32 bits per heavy atom. The highest BCUT2D eigenvalue weighted by atomic mass is 32.1. The summed E-state index contributed by atoms with van der Waals surface area (Å²) in [4.78, 5) is 27.2. The zero-order valence-corrected chi connectivity index (χ0v) is 16.7. The van der Waals surface area contributed by atoms with Crippen molar-refractivity contribution in [3.8, 4) is 0 Å². The fraction of sp³-hybridized carbons (Fsp3) is 0.350. The van der Waals surface area contributed by atoms with E-state index in [1.54, 1.807) is 25.2 Å². The van der Waals surface area contributed by atoms with Gasteiger partial charge >= 0.3 is 6.03 Å². The summed E-state index contributed by atoms with van der Waals surface area (Å²) in [5, 5.41) is 10.5. The molecule has 0 saturated heterocycles. The van der Waals surface area contributed by atoms with Gasteiger partial charge in [0.1, 0.15) is 12.4 Å². The zero-order valence-electron chi connectivity index (χ0n) is 15.9. The lowest BCUT2D eigenvalue weighted by atomic mass is 10.0. The van der Waals surface area contributed by atoms with Gasteiger partial charge in [-0.15, -0.1) is 11.3 Å². The minimum Gasteiger partial charge on any atom is -0.338 e. The molecule has 2 aromatic rings. The van der Waals surface area contributed by atoms with E-state index >= 15 is 0 Å². The van der Waals surface area contributed by atoms with Gasteiger partial charge in [0.2, 0.25) is 0 Å². The third-order valence-electron chi connectivity index (χ3n) is 4.48. The molecule has 0 unspecified atom stereocenters. The van der Waals surface area contributed by atoms with E-state index in [-0.39, 0.29) is 24.3 Å². The lowest BCUT2D eigenvalue weighted by molar-refractivity contribution is -0.133. The van der Waals surface area contributed by atoms with Crippen LogP contribution in [0, 0.1) is 5.82 Å². The van der Waals surface area contributed by atoms with Crippen LogP contribution in [-0.2, 0) is 4.79 Å². The van der Waals surface area contributed by atoms with Crippen LogP contribution in [0.2, 0.25) is 0 Å². The molecule has 6 nitrogen and oxygen atoms in total. The maximum atomic E-state index is 14.4. The molecule has 0 fully saturated rings. The highest BCUT2D eigenvalue weighted by Crippen LogP contribution is 2.35. The molecule has 1 N–H and O–H groups in total. The predicted molar refractivity (Wildman–Crippen MR) is 108 cm³/mol. The molecule has 0 bridgehead atoms. The molecule has 28 heavy (non-hydrogen) atoms. The number of carbonyl (C=O) groups is 2. The van der Waals surface area contributed by atoms with Crippen molar-refractivity contribution >= 4 is 29.0 Å². The van der Waals surface area contributed by atoms with Gasteiger partial charge in [-0.2, -0.15) is 5.10 Å². The van der Waals surface area contributed by atoms with E-state index in [0.29, 0.717) is 18.5 Å². The Morgan fingerprint density at radius 3 is 2.79 bits per heavy atom. The Hall–Kier alpha value is -2.74. The number of nitrogens with one attached hydrogen (secondary N) is 1. The molecular weight excluding hydrogens is 379 g/mol. The summed E-state index contributed by atoms with van der Waals surface area (Å²) in [6, 6.07) is 9.41. The summed E-state index contributed by atoms with van der Waals surface area (Å²) in [6.07, 6.45) is 1.24. The Labute approximate surface area is 167 Å². The number of hydrogen-bond donors (Lipinski definition) is 1. The van der Waals surface area contributed by atoms with Gasteiger partial charge in [0, 0.05) is 25.6 Å². The number of likely N-dealkylation sites (N-methyl/N-ethyl adjacent to an activating group) is 1. The lowest BCUT2D eigenvalue weighted by Crippen LogP contribution is -2.43. The van der Waals surface area contributed by atoms with E-state index in [0.717, 1.165) is 17.0 Å². The van der Waals surface area contributed by atoms with Crippen LogP contribution in [0.15, 0.2) is 46.9 Å². The molecule has 1 atom stereocenters. The Balaban J connectivity index is 1.82. The summed E-state index contributed by atoms with van der Waals surface area (Å²) < 4.78 is 14.4. The Bertz CT molecular complexity index is 869. The van der Waals surface area contributed by atoms with Crippen molar-refractivity contribution in [1.29, 1.82) is 0 Å². The fourth-order valence-electron chi connectivity index (χ4n) is 3.03. The highest BCUT2D eigenvalue weighted by Gasteiger charge is 2.35. The number of carbonyl (C=O) groups excluding carboxylic acids is 2. The van der Waals surface area contributed by atoms with Crippen LogP contribution in [-0.4, -0.2) is 47.7 Å². The second kappa shape index (κ2) is 8.97. The number of hydrogen-bond acceptors (Lipinski definition) is 4. The summed E-state index contributed by atoms with van der Waals surface area (Å²) >= 11 is 1.53. The van der Waals surface area contributed by atoms with Crippen molar-refractivity contribution in [2.75, 3.05) is 20.1 Å². The molecule has 1 aromatic carbocycles. The first-order valence-electron chi connectivity index (χ1n) is 9.18. The molecule has 1 aromatic heterocycles. The first kappa shape index (κ1) is 20.0. The van der Waals surface area contributed by atoms with Crippen molar-refractivity contribution in [3.63, 3.8) is 0 Å². The van der Waals surface area contributed by atoms with Gasteiger partial charge in [0.15, 0.2) is 0 Å². The minimum absolute atomic E-state index is 0.137. The number of amides is 3. The van der Waals surface area contributed by atoms with Crippen LogP contribution in [0.5, 0.6) is 0 Å². The lowest BCUT2D eigenvalue weighted by Gasteiger charge is -2.25. The normalized spacial score (nSPS) is 16.0. The largest absolute Gasteiger partial charge is 0.338 e. The van der Waals surface area contributed by atoms with E-state index in [9.17, 15) is 14.0 Å². The first-order chi connectivity index (χ1) is 13.5. The molecule has 3 rings (SSSR count). The fourth-order valence-corrected chi connectivity index (χ4v) is 3.75. The third-order valence-corrected chi connectivity index (χ3v) is 5.40. The first-order valence-corrected chi connectivity index (χ1v) is 10.1. The number of halogens is 1. The van der Waals surface area contributed by atoms with E-state index in [2.05, 4.69) is 10.4 Å². The van der Waals surface area contributed by atoms with Gasteiger partial charge in [-0.1, -0.05) is 31.2 Å². The van der Waals surface area contributed by atoms with Gasteiger partial charge < -0.3 is 10.2 Å². The average Bonchev–Trinajstić information content (AvgIpc) is 3.36. The van der Waals surface area contributed by atoms with Crippen LogP contribution in [0.1, 0.15) is 36.2 Å². The summed E-state index contributed by atoms with van der Waals surface area (Å²) in [7, 11) is 1.56. The molecule has 8 heteroatoms. The second-order valence-corrected chi connectivity index (χ2v) is 7.54. The molecule has 0 saturated carbocycles. The van der Waals surface area contributed by atoms with Gasteiger partial charge in [-0.25, -0.2) is 14.2 Å². The molecule has 1 aliphatic heterocycles. The number of nitrogens with zero attached hydrogens (tertiary/aromatic N) is 3. The van der Waals surface area contributed by atoms with Crippen LogP contribution < -0.4 is 5.32 Å². The quantitative estimate of drug-likeness (QED) is 0.802. The maximum Gasteiger partial charge on any atom is 0.317 e. The second-order valence-electron chi connectivity index (χ2n) is 6.59. The molecular formula is C20H23FN4O2S. The predicted octanol–water partition coefficient (Wildman–Crippen LogP) is 3.62. The van der Waals surface area contributed by atoms with Crippen molar-refractivity contribution in [2.24, 2.45) is 5.10 Å². The standard InChI is InChI=1S/C20H23FN4O2S/c1-3-10-22-20(27)24(2)13-19(26)25-17(14-7-4-5-8-15(14)21)12-16(23-25)18-9-6-11-28-18/h4-9,11,17H,3,10,12-13H2,1-2H3,(H,22,27)/t17-/m0/s1. The SMILES string of the molecule is CCCNC(=O)N(C)CC(=O)N1N=C(c2cccs2)C[C@H]1c1ccccc1F. The highest BCUT2D eigenvalue weighted by molar-refractivity contribution is 7.12. The van der Waals surface area contributed by atoms with Crippen molar-refractivity contribution in [3.05, 3.63) is 58.0 Å². The third kappa shape index (κ3) is 4.39. The number of urea groups is 1. The van der Waals surface area contributed by atoms with Crippen molar-refractivity contribution in [1.82, 2.24) is 15.2 Å². The Kier molecular flexibility index (Phi) is 6.41. The topological polar surface area (TPSA) is 65.0 Å². The van der Waals surface area contributed by atoms with Gasteiger partial charge in [0.25, 0.3) is 5.91 Å². The van der Waals surface area contributed by atoms with Crippen molar-refractivity contribution in [2.45, 2.75) is 25.8 Å². The maximum absolute atomic E-state index is 14.4. The minimum atomic E-state index is -0.530. The summed E-state index contributed by atoms with van der Waals surface area (Å²) in [5.74, 6) is -0.726. The molecule has 2 heterocycles. The number of thiophene rings is 1. The van der Waals surface area contributed by atoms with Crippen LogP contribution >= 0.6 is 11.3 Å². The van der Waals surface area contributed by atoms with E-state index in [4.69, 9.17) is 0 Å². The van der Waals surface area contributed by atoms with E-state index in [1.807, 2.05) is 24.4 Å². The van der Waals surface area contributed by atoms with Crippen LogP contribution in [0.25, 0.3) is 0 Å². The van der Waals surface area contributed by atoms with Crippen LogP contribution in [0.4, 0.5) is 9.18 Å². The van der Waals surface area contributed by atoms with Crippen LogP contribution in [0.3, 0.4) is 0 Å². The monoisotopic (exact) mass is 402 g/mol. The van der Waals surface area contributed by atoms with E-state index < -0.39 is 6.04 Å². The van der Waals surface area contributed by atoms with Crippen molar-refractivity contribution < 1.29 is 14.0 Å².